The van der Waals surface area contributed by atoms with Crippen molar-refractivity contribution in [2.24, 2.45) is 11.8 Å². The summed E-state index contributed by atoms with van der Waals surface area (Å²) in [6.07, 6.45) is 1.27. The van der Waals surface area contributed by atoms with Crippen molar-refractivity contribution in [1.29, 1.82) is 0 Å². The fraction of sp³-hybridized carbons (Fsp3) is 0.889. The number of amides is 1. The molecule has 0 saturated carbocycles. The Morgan fingerprint density at radius 2 is 1.73 bits per heavy atom. The molecule has 1 aliphatic rings. The fourth-order valence-corrected chi connectivity index (χ4v) is 1.92. The normalized spacial score (nSPS) is 32.1. The molecule has 0 bridgehead atoms. The van der Waals surface area contributed by atoms with Gasteiger partial charge < -0.3 is 4.90 Å². The molecule has 0 aliphatic carbocycles. The number of nitrogens with zero attached hydrogens (tertiary/aromatic N) is 1. The first-order valence-electron chi connectivity index (χ1n) is 4.35. The summed E-state index contributed by atoms with van der Waals surface area (Å²) in [5, 5.41) is 0. The van der Waals surface area contributed by atoms with E-state index in [1.165, 1.54) is 6.42 Å². The average molecular weight is 155 g/mol. The van der Waals surface area contributed by atoms with Crippen LogP contribution in [0.15, 0.2) is 0 Å². The van der Waals surface area contributed by atoms with Gasteiger partial charge in [-0.25, -0.2) is 0 Å². The maximum atomic E-state index is 11.0. The maximum Gasteiger partial charge on any atom is 0.219 e. The second-order valence-electron chi connectivity index (χ2n) is 3.87. The second-order valence-corrected chi connectivity index (χ2v) is 3.87. The van der Waals surface area contributed by atoms with Gasteiger partial charge in [0.05, 0.1) is 0 Å². The van der Waals surface area contributed by atoms with E-state index < -0.39 is 0 Å². The van der Waals surface area contributed by atoms with Crippen LogP contribution in [0.3, 0.4) is 0 Å². The minimum absolute atomic E-state index is 0.225. The van der Waals surface area contributed by atoms with E-state index >= 15 is 0 Å². The highest BCUT2D eigenvalue weighted by Crippen LogP contribution is 2.20. The molecule has 2 heteroatoms. The van der Waals surface area contributed by atoms with Gasteiger partial charge in [0.25, 0.3) is 0 Å². The summed E-state index contributed by atoms with van der Waals surface area (Å²) in [6.45, 7) is 8.00. The topological polar surface area (TPSA) is 20.3 Å². The Balaban J connectivity index is 2.49. The lowest BCUT2D eigenvalue weighted by Gasteiger charge is -2.34. The van der Waals surface area contributed by atoms with Gasteiger partial charge in [0.1, 0.15) is 0 Å². The molecule has 1 fully saturated rings. The number of carbonyl (C=O) groups is 1. The molecule has 0 radical (unpaired) electrons. The smallest absolute Gasteiger partial charge is 0.219 e. The first-order chi connectivity index (χ1) is 5.09. The maximum absolute atomic E-state index is 11.0. The van der Waals surface area contributed by atoms with Gasteiger partial charge in [-0.3, -0.25) is 4.79 Å². The molecular formula is C9H17NO. The molecule has 64 valence electrons. The Labute approximate surface area is 68.6 Å². The lowest BCUT2D eigenvalue weighted by atomic mass is 9.92. The van der Waals surface area contributed by atoms with Crippen molar-refractivity contribution >= 4 is 5.91 Å². The van der Waals surface area contributed by atoms with E-state index in [1.807, 2.05) is 4.90 Å². The van der Waals surface area contributed by atoms with Crippen molar-refractivity contribution in [2.45, 2.75) is 27.2 Å². The number of hydrogen-bond acceptors (Lipinski definition) is 1. The molecule has 1 heterocycles. The third-order valence-electron chi connectivity index (χ3n) is 2.31. The second kappa shape index (κ2) is 3.24. The SMILES string of the molecule is CC(=O)N1C[C@H](C)C[C@@H](C)C1. The van der Waals surface area contributed by atoms with Crippen molar-refractivity contribution in [3.8, 4) is 0 Å². The van der Waals surface area contributed by atoms with Gasteiger partial charge in [-0.15, -0.1) is 0 Å². The Kier molecular flexibility index (Phi) is 2.53. The highest BCUT2D eigenvalue weighted by molar-refractivity contribution is 5.73. The molecule has 1 saturated heterocycles. The van der Waals surface area contributed by atoms with Crippen LogP contribution in [0.5, 0.6) is 0 Å². The van der Waals surface area contributed by atoms with Crippen LogP contribution >= 0.6 is 0 Å². The van der Waals surface area contributed by atoms with E-state index in [-0.39, 0.29) is 5.91 Å². The number of likely N-dealkylation sites (tertiary alicyclic amines) is 1. The highest BCUT2D eigenvalue weighted by atomic mass is 16.2. The molecule has 0 aromatic rings. The van der Waals surface area contributed by atoms with Gasteiger partial charge in [0.2, 0.25) is 5.91 Å². The first-order valence-corrected chi connectivity index (χ1v) is 4.35. The fourth-order valence-electron chi connectivity index (χ4n) is 1.92. The van der Waals surface area contributed by atoms with Gasteiger partial charge in [0.15, 0.2) is 0 Å². The van der Waals surface area contributed by atoms with Crippen molar-refractivity contribution in [3.05, 3.63) is 0 Å². The Morgan fingerprint density at radius 3 is 2.09 bits per heavy atom. The molecular weight excluding hydrogens is 138 g/mol. The lowest BCUT2D eigenvalue weighted by Crippen LogP contribution is -2.41. The molecule has 0 unspecified atom stereocenters. The van der Waals surface area contributed by atoms with Crippen molar-refractivity contribution in [3.63, 3.8) is 0 Å². The Morgan fingerprint density at radius 1 is 1.27 bits per heavy atom. The zero-order chi connectivity index (χ0) is 8.43. The lowest BCUT2D eigenvalue weighted by molar-refractivity contribution is -0.131. The molecule has 1 rings (SSSR count). The van der Waals surface area contributed by atoms with Gasteiger partial charge in [0, 0.05) is 20.0 Å². The first kappa shape index (κ1) is 8.57. The predicted molar refractivity (Wildman–Crippen MR) is 45.2 cm³/mol. The summed E-state index contributed by atoms with van der Waals surface area (Å²) in [7, 11) is 0. The van der Waals surface area contributed by atoms with Crippen LogP contribution < -0.4 is 0 Å². The molecule has 1 aliphatic heterocycles. The standard InChI is InChI=1S/C9H17NO/c1-7-4-8(2)6-10(5-7)9(3)11/h7-8H,4-6H2,1-3H3/t7-,8-/m1/s1. The number of piperidine rings is 1. The molecule has 0 aromatic carbocycles. The molecule has 1 amide bonds. The highest BCUT2D eigenvalue weighted by Gasteiger charge is 2.22. The zero-order valence-corrected chi connectivity index (χ0v) is 7.63. The van der Waals surface area contributed by atoms with Crippen molar-refractivity contribution in [1.82, 2.24) is 4.90 Å². The number of carbonyl (C=O) groups excluding carboxylic acids is 1. The van der Waals surface area contributed by atoms with Gasteiger partial charge in [-0.2, -0.15) is 0 Å². The van der Waals surface area contributed by atoms with Crippen LogP contribution in [-0.4, -0.2) is 23.9 Å². The summed E-state index contributed by atoms with van der Waals surface area (Å²) in [4.78, 5) is 13.0. The van der Waals surface area contributed by atoms with E-state index in [2.05, 4.69) is 13.8 Å². The summed E-state index contributed by atoms with van der Waals surface area (Å²) in [5.74, 6) is 1.59. The molecule has 2 nitrogen and oxygen atoms in total. The average Bonchev–Trinajstić information content (AvgIpc) is 1.85. The molecule has 11 heavy (non-hydrogen) atoms. The zero-order valence-electron chi connectivity index (χ0n) is 7.63. The van der Waals surface area contributed by atoms with Crippen LogP contribution in [-0.2, 0) is 4.79 Å². The van der Waals surface area contributed by atoms with Gasteiger partial charge >= 0.3 is 0 Å². The Bertz CT molecular complexity index is 146. The minimum Gasteiger partial charge on any atom is -0.342 e. The predicted octanol–water partition coefficient (Wildman–Crippen LogP) is 1.51. The Hall–Kier alpha value is -0.530. The third-order valence-corrected chi connectivity index (χ3v) is 2.31. The van der Waals surface area contributed by atoms with Crippen LogP contribution in [0.4, 0.5) is 0 Å². The quantitative estimate of drug-likeness (QED) is 0.519. The van der Waals surface area contributed by atoms with E-state index in [9.17, 15) is 4.79 Å². The van der Waals surface area contributed by atoms with Gasteiger partial charge in [-0.1, -0.05) is 13.8 Å². The molecule has 0 spiro atoms. The van der Waals surface area contributed by atoms with E-state index in [0.717, 1.165) is 13.1 Å². The van der Waals surface area contributed by atoms with Crippen LogP contribution in [0.2, 0.25) is 0 Å². The van der Waals surface area contributed by atoms with Crippen LogP contribution in [0, 0.1) is 11.8 Å². The number of hydrogen-bond donors (Lipinski definition) is 0. The third kappa shape index (κ3) is 2.21. The summed E-state index contributed by atoms with van der Waals surface area (Å²) < 4.78 is 0. The summed E-state index contributed by atoms with van der Waals surface area (Å²) in [6, 6.07) is 0. The van der Waals surface area contributed by atoms with Crippen LogP contribution in [0.1, 0.15) is 27.2 Å². The molecule has 0 aromatic heterocycles. The van der Waals surface area contributed by atoms with E-state index in [0.29, 0.717) is 11.8 Å². The summed E-state index contributed by atoms with van der Waals surface area (Å²) >= 11 is 0. The van der Waals surface area contributed by atoms with Gasteiger partial charge in [-0.05, 0) is 18.3 Å². The minimum atomic E-state index is 0.225. The van der Waals surface area contributed by atoms with E-state index in [4.69, 9.17) is 0 Å². The molecule has 0 N–H and O–H groups in total. The monoisotopic (exact) mass is 155 g/mol. The van der Waals surface area contributed by atoms with E-state index in [1.54, 1.807) is 6.92 Å². The molecule has 2 atom stereocenters. The summed E-state index contributed by atoms with van der Waals surface area (Å²) in [5.41, 5.74) is 0. The van der Waals surface area contributed by atoms with Crippen molar-refractivity contribution in [2.75, 3.05) is 13.1 Å². The van der Waals surface area contributed by atoms with Crippen LogP contribution in [0.25, 0.3) is 0 Å². The largest absolute Gasteiger partial charge is 0.342 e. The van der Waals surface area contributed by atoms with Crippen molar-refractivity contribution < 1.29 is 4.79 Å². The number of rotatable bonds is 0.